The Morgan fingerprint density at radius 1 is 1.13 bits per heavy atom. The number of ketones is 1. The van der Waals surface area contributed by atoms with Gasteiger partial charge in [0.2, 0.25) is 9.99 Å². The van der Waals surface area contributed by atoms with Crippen molar-refractivity contribution < 1.29 is 13.9 Å². The Morgan fingerprint density at radius 3 is 2.48 bits per heavy atom. The highest BCUT2D eigenvalue weighted by molar-refractivity contribution is 8.04. The first kappa shape index (κ1) is 16.1. The van der Waals surface area contributed by atoms with Crippen molar-refractivity contribution in [2.75, 3.05) is 4.72 Å². The van der Waals surface area contributed by atoms with E-state index in [9.17, 15) is 9.18 Å². The van der Waals surface area contributed by atoms with E-state index < -0.39 is 9.81 Å². The number of Topliss-reactive ketones (excluding diaryl/α,β-unsaturated/α-hetero) is 1. The molecule has 0 aliphatic carbocycles. The molecule has 2 aromatic carbocycles. The molecule has 1 aliphatic heterocycles. The fourth-order valence-corrected chi connectivity index (χ4v) is 3.49. The van der Waals surface area contributed by atoms with Gasteiger partial charge in [0, 0.05) is 5.69 Å². The summed E-state index contributed by atoms with van der Waals surface area (Å²) in [7, 11) is 0. The third-order valence-electron chi connectivity index (χ3n) is 3.72. The standard InChI is InChI=1S/C17H15ClFNO2S/c1-16(2)17(18,23-20-12-9-7-11(19)8-10-12)15(21)13-5-3-4-6-14(13)22-16/h3-10,20H,1-2H3/t17-/m0/s1. The van der Waals surface area contributed by atoms with E-state index in [-0.39, 0.29) is 11.6 Å². The number of anilines is 1. The van der Waals surface area contributed by atoms with E-state index in [0.29, 0.717) is 17.0 Å². The van der Waals surface area contributed by atoms with Crippen LogP contribution < -0.4 is 9.46 Å². The smallest absolute Gasteiger partial charge is 0.210 e. The molecule has 0 bridgehead atoms. The molecule has 0 fully saturated rings. The number of carbonyl (C=O) groups is 1. The first-order valence-electron chi connectivity index (χ1n) is 7.05. The van der Waals surface area contributed by atoms with Crippen LogP contribution in [0.3, 0.4) is 0 Å². The van der Waals surface area contributed by atoms with Crippen LogP contribution in [0.15, 0.2) is 48.5 Å². The van der Waals surface area contributed by atoms with Crippen LogP contribution in [0, 0.1) is 5.82 Å². The zero-order valence-electron chi connectivity index (χ0n) is 12.6. The Morgan fingerprint density at radius 2 is 1.78 bits per heavy atom. The molecular formula is C17H15ClFNO2S. The van der Waals surface area contributed by atoms with Gasteiger partial charge in [-0.1, -0.05) is 23.7 Å². The van der Waals surface area contributed by atoms with Crippen LogP contribution in [0.2, 0.25) is 0 Å². The predicted octanol–water partition coefficient (Wildman–Crippen LogP) is 4.87. The van der Waals surface area contributed by atoms with E-state index in [1.54, 1.807) is 44.2 Å². The number of halogens is 2. The summed E-state index contributed by atoms with van der Waals surface area (Å²) in [5, 5.41) is 0. The Kier molecular flexibility index (Phi) is 4.02. The van der Waals surface area contributed by atoms with E-state index >= 15 is 0 Å². The van der Waals surface area contributed by atoms with E-state index in [4.69, 9.17) is 16.3 Å². The second kappa shape index (κ2) is 5.73. The van der Waals surface area contributed by atoms with Gasteiger partial charge in [-0.05, 0) is 62.2 Å². The van der Waals surface area contributed by atoms with Crippen molar-refractivity contribution in [3.8, 4) is 5.75 Å². The monoisotopic (exact) mass is 351 g/mol. The maximum Gasteiger partial charge on any atom is 0.210 e. The van der Waals surface area contributed by atoms with Crippen molar-refractivity contribution >= 4 is 35.0 Å². The summed E-state index contributed by atoms with van der Waals surface area (Å²) < 4.78 is 20.6. The van der Waals surface area contributed by atoms with Crippen LogP contribution in [0.1, 0.15) is 24.2 Å². The van der Waals surface area contributed by atoms with Gasteiger partial charge >= 0.3 is 0 Å². The van der Waals surface area contributed by atoms with Crippen molar-refractivity contribution in [3.05, 3.63) is 59.9 Å². The van der Waals surface area contributed by atoms with E-state index in [0.717, 1.165) is 11.9 Å². The minimum atomic E-state index is -1.35. The molecule has 0 spiro atoms. The number of fused-ring (bicyclic) bond motifs is 1. The molecule has 6 heteroatoms. The Labute approximate surface area is 143 Å². The van der Waals surface area contributed by atoms with Crippen molar-refractivity contribution in [2.24, 2.45) is 0 Å². The number of hydrogen-bond acceptors (Lipinski definition) is 4. The number of alkyl halides is 1. The van der Waals surface area contributed by atoms with Crippen molar-refractivity contribution in [3.63, 3.8) is 0 Å². The van der Waals surface area contributed by atoms with Gasteiger partial charge in [-0.25, -0.2) is 4.39 Å². The summed E-state index contributed by atoms with van der Waals surface area (Å²) in [6, 6.07) is 12.9. The third-order valence-corrected chi connectivity index (χ3v) is 5.87. The lowest BCUT2D eigenvalue weighted by molar-refractivity contribution is 0.0579. The number of rotatable bonds is 3. The topological polar surface area (TPSA) is 38.3 Å². The van der Waals surface area contributed by atoms with Gasteiger partial charge in [0.05, 0.1) is 5.56 Å². The highest BCUT2D eigenvalue weighted by Crippen LogP contribution is 2.49. The molecule has 0 unspecified atom stereocenters. The summed E-state index contributed by atoms with van der Waals surface area (Å²) >= 11 is 7.73. The van der Waals surface area contributed by atoms with Crippen molar-refractivity contribution in [2.45, 2.75) is 23.7 Å². The predicted molar refractivity (Wildman–Crippen MR) is 91.7 cm³/mol. The van der Waals surface area contributed by atoms with Gasteiger partial charge in [-0.3, -0.25) is 4.79 Å². The molecule has 1 aliphatic rings. The summed E-state index contributed by atoms with van der Waals surface area (Å²) in [4.78, 5) is 12.9. The number of benzene rings is 2. The third kappa shape index (κ3) is 2.79. The van der Waals surface area contributed by atoms with Gasteiger partial charge in [0.1, 0.15) is 17.2 Å². The Balaban J connectivity index is 1.89. The van der Waals surface area contributed by atoms with Crippen molar-refractivity contribution in [1.82, 2.24) is 0 Å². The molecule has 0 amide bonds. The second-order valence-electron chi connectivity index (χ2n) is 5.74. The molecule has 23 heavy (non-hydrogen) atoms. The molecule has 120 valence electrons. The van der Waals surface area contributed by atoms with Gasteiger partial charge < -0.3 is 9.46 Å². The van der Waals surface area contributed by atoms with E-state index in [1.165, 1.54) is 12.1 Å². The maximum atomic E-state index is 13.0. The van der Waals surface area contributed by atoms with Crippen LogP contribution in [-0.2, 0) is 0 Å². The number of hydrogen-bond donors (Lipinski definition) is 1. The SMILES string of the molecule is CC1(C)Oc2ccccc2C(=O)[C@]1(Cl)SNc1ccc(F)cc1. The number of carbonyl (C=O) groups excluding carboxylic acids is 1. The second-order valence-corrected chi connectivity index (χ2v) is 7.56. The molecule has 1 atom stereocenters. The van der Waals surface area contributed by atoms with Gasteiger partial charge in [0.15, 0.2) is 0 Å². The molecule has 3 rings (SSSR count). The number of ether oxygens (including phenoxy) is 1. The molecule has 0 saturated heterocycles. The highest BCUT2D eigenvalue weighted by Gasteiger charge is 2.57. The average Bonchev–Trinajstić information content (AvgIpc) is 2.52. The van der Waals surface area contributed by atoms with Gasteiger partial charge in [-0.15, -0.1) is 0 Å². The fourth-order valence-electron chi connectivity index (χ4n) is 2.35. The zero-order chi connectivity index (χ0) is 16.7. The number of para-hydroxylation sites is 1. The highest BCUT2D eigenvalue weighted by atomic mass is 35.5. The molecule has 0 saturated carbocycles. The quantitative estimate of drug-likeness (QED) is 0.632. The molecular weight excluding hydrogens is 337 g/mol. The molecule has 2 aromatic rings. The van der Waals surface area contributed by atoms with Crippen LogP contribution in [-0.4, -0.2) is 15.6 Å². The van der Waals surface area contributed by atoms with Gasteiger partial charge in [0.25, 0.3) is 0 Å². The molecule has 3 nitrogen and oxygen atoms in total. The molecule has 1 heterocycles. The van der Waals surface area contributed by atoms with Crippen LogP contribution in [0.4, 0.5) is 10.1 Å². The van der Waals surface area contributed by atoms with Crippen LogP contribution in [0.5, 0.6) is 5.75 Å². The first-order valence-corrected chi connectivity index (χ1v) is 8.24. The van der Waals surface area contributed by atoms with E-state index in [1.807, 2.05) is 6.07 Å². The average molecular weight is 352 g/mol. The lowest BCUT2D eigenvalue weighted by Gasteiger charge is -2.43. The summed E-state index contributed by atoms with van der Waals surface area (Å²) in [6.07, 6.45) is 0. The summed E-state index contributed by atoms with van der Waals surface area (Å²) in [5.74, 6) is -0.0146. The lowest BCUT2D eigenvalue weighted by Crippen LogP contribution is -2.56. The zero-order valence-corrected chi connectivity index (χ0v) is 14.2. The Hall–Kier alpha value is -1.72. The molecule has 0 radical (unpaired) electrons. The van der Waals surface area contributed by atoms with Crippen LogP contribution in [0.25, 0.3) is 0 Å². The van der Waals surface area contributed by atoms with Crippen LogP contribution >= 0.6 is 23.5 Å². The normalized spacial score (nSPS) is 22.2. The minimum Gasteiger partial charge on any atom is -0.484 e. The fraction of sp³-hybridized carbons (Fsp3) is 0.235. The van der Waals surface area contributed by atoms with E-state index in [2.05, 4.69) is 4.72 Å². The van der Waals surface area contributed by atoms with Crippen molar-refractivity contribution in [1.29, 1.82) is 0 Å². The summed E-state index contributed by atoms with van der Waals surface area (Å²) in [5.41, 5.74) is 0.173. The lowest BCUT2D eigenvalue weighted by atomic mass is 9.92. The van der Waals surface area contributed by atoms with Gasteiger partial charge in [-0.2, -0.15) is 0 Å². The Bertz CT molecular complexity index is 751. The number of nitrogens with one attached hydrogen (secondary N) is 1. The molecule has 1 N–H and O–H groups in total. The summed E-state index contributed by atoms with van der Waals surface area (Å²) in [6.45, 7) is 3.54. The minimum absolute atomic E-state index is 0.217. The maximum absolute atomic E-state index is 13.0. The largest absolute Gasteiger partial charge is 0.484 e. The first-order chi connectivity index (χ1) is 10.8. The molecule has 0 aromatic heterocycles.